The molecule has 2 heteroatoms. The SMILES string of the molecule is O=C1C=Cc2ccccc2[C@]1(F)C1CCCCC1. The number of benzene rings is 1. The van der Waals surface area contributed by atoms with Crippen LogP contribution in [0.4, 0.5) is 4.39 Å². The van der Waals surface area contributed by atoms with Crippen LogP contribution in [0, 0.1) is 5.92 Å². The van der Waals surface area contributed by atoms with Crippen LogP contribution in [0.1, 0.15) is 43.2 Å². The molecule has 1 aromatic carbocycles. The van der Waals surface area contributed by atoms with Gasteiger partial charge in [0.25, 0.3) is 0 Å². The van der Waals surface area contributed by atoms with Crippen LogP contribution in [0.5, 0.6) is 0 Å². The van der Waals surface area contributed by atoms with Crippen LogP contribution in [0.25, 0.3) is 6.08 Å². The summed E-state index contributed by atoms with van der Waals surface area (Å²) >= 11 is 0. The van der Waals surface area contributed by atoms with Gasteiger partial charge in [0.05, 0.1) is 0 Å². The van der Waals surface area contributed by atoms with Crippen LogP contribution >= 0.6 is 0 Å². The van der Waals surface area contributed by atoms with Crippen molar-refractivity contribution in [2.45, 2.75) is 37.8 Å². The van der Waals surface area contributed by atoms with Gasteiger partial charge in [-0.3, -0.25) is 4.79 Å². The molecule has 2 aliphatic carbocycles. The Balaban J connectivity index is 2.08. The van der Waals surface area contributed by atoms with Crippen molar-refractivity contribution in [2.24, 2.45) is 5.92 Å². The molecular formula is C16H17FO. The fraction of sp³-hybridized carbons (Fsp3) is 0.438. The molecule has 1 atom stereocenters. The summed E-state index contributed by atoms with van der Waals surface area (Å²) < 4.78 is 15.4. The van der Waals surface area contributed by atoms with Crippen molar-refractivity contribution < 1.29 is 9.18 Å². The van der Waals surface area contributed by atoms with Crippen molar-refractivity contribution >= 4 is 11.9 Å². The highest BCUT2D eigenvalue weighted by Crippen LogP contribution is 2.46. The topological polar surface area (TPSA) is 17.1 Å². The third-order valence-corrected chi connectivity index (χ3v) is 4.29. The molecule has 1 fully saturated rings. The van der Waals surface area contributed by atoms with Crippen molar-refractivity contribution in [3.63, 3.8) is 0 Å². The first-order chi connectivity index (χ1) is 8.73. The van der Waals surface area contributed by atoms with Gasteiger partial charge in [-0.1, -0.05) is 49.6 Å². The van der Waals surface area contributed by atoms with E-state index in [-0.39, 0.29) is 11.7 Å². The monoisotopic (exact) mass is 244 g/mol. The molecule has 1 aromatic rings. The zero-order valence-electron chi connectivity index (χ0n) is 10.4. The molecule has 0 bridgehead atoms. The first-order valence-electron chi connectivity index (χ1n) is 6.74. The lowest BCUT2D eigenvalue weighted by Crippen LogP contribution is -2.41. The molecule has 0 radical (unpaired) electrons. The minimum Gasteiger partial charge on any atom is -0.291 e. The van der Waals surface area contributed by atoms with Crippen LogP contribution < -0.4 is 0 Å². The van der Waals surface area contributed by atoms with Gasteiger partial charge >= 0.3 is 0 Å². The van der Waals surface area contributed by atoms with E-state index in [1.54, 1.807) is 12.1 Å². The highest BCUT2D eigenvalue weighted by molar-refractivity contribution is 6.04. The molecule has 0 aliphatic heterocycles. The van der Waals surface area contributed by atoms with Crippen molar-refractivity contribution in [3.05, 3.63) is 41.5 Å². The van der Waals surface area contributed by atoms with E-state index in [1.165, 1.54) is 6.08 Å². The summed E-state index contributed by atoms with van der Waals surface area (Å²) in [5.74, 6) is -0.516. The maximum absolute atomic E-state index is 15.4. The van der Waals surface area contributed by atoms with Crippen molar-refractivity contribution in [3.8, 4) is 0 Å². The highest BCUT2D eigenvalue weighted by atomic mass is 19.1. The van der Waals surface area contributed by atoms with Gasteiger partial charge in [-0.05, 0) is 24.5 Å². The first kappa shape index (κ1) is 11.6. The number of halogens is 1. The van der Waals surface area contributed by atoms with Crippen LogP contribution in [0.2, 0.25) is 0 Å². The Morgan fingerprint density at radius 3 is 2.56 bits per heavy atom. The average molecular weight is 244 g/mol. The second kappa shape index (κ2) is 4.34. The molecule has 0 heterocycles. The number of allylic oxidation sites excluding steroid dienone is 1. The molecular weight excluding hydrogens is 227 g/mol. The number of hydrogen-bond acceptors (Lipinski definition) is 1. The van der Waals surface area contributed by atoms with Gasteiger partial charge in [0.1, 0.15) is 0 Å². The molecule has 1 nitrogen and oxygen atoms in total. The number of alkyl halides is 1. The molecule has 0 saturated heterocycles. The van der Waals surface area contributed by atoms with E-state index in [4.69, 9.17) is 0 Å². The summed E-state index contributed by atoms with van der Waals surface area (Å²) in [6, 6.07) is 7.36. The predicted octanol–water partition coefficient (Wildman–Crippen LogP) is 4.03. The lowest BCUT2D eigenvalue weighted by Gasteiger charge is -2.37. The smallest absolute Gasteiger partial charge is 0.201 e. The second-order valence-electron chi connectivity index (χ2n) is 5.33. The lowest BCUT2D eigenvalue weighted by molar-refractivity contribution is -0.131. The predicted molar refractivity (Wildman–Crippen MR) is 69.8 cm³/mol. The number of ketones is 1. The Labute approximate surface area is 107 Å². The van der Waals surface area contributed by atoms with Gasteiger partial charge in [0, 0.05) is 11.5 Å². The van der Waals surface area contributed by atoms with E-state index in [0.29, 0.717) is 5.56 Å². The number of carbonyl (C=O) groups is 1. The molecule has 18 heavy (non-hydrogen) atoms. The number of fused-ring (bicyclic) bond motifs is 1. The summed E-state index contributed by atoms with van der Waals surface area (Å²) in [5, 5.41) is 0. The van der Waals surface area contributed by atoms with E-state index in [2.05, 4.69) is 0 Å². The van der Waals surface area contributed by atoms with Crippen LogP contribution in [-0.4, -0.2) is 5.78 Å². The van der Waals surface area contributed by atoms with Crippen molar-refractivity contribution in [1.29, 1.82) is 0 Å². The molecule has 0 amide bonds. The minimum atomic E-state index is -1.79. The maximum atomic E-state index is 15.4. The second-order valence-corrected chi connectivity index (χ2v) is 5.33. The normalized spacial score (nSPS) is 28.2. The number of carbonyl (C=O) groups excluding carboxylic acids is 1. The Hall–Kier alpha value is -1.44. The zero-order chi connectivity index (χ0) is 12.6. The summed E-state index contributed by atoms with van der Waals surface area (Å²) in [6.07, 6.45) is 8.04. The molecule has 1 saturated carbocycles. The van der Waals surface area contributed by atoms with E-state index < -0.39 is 5.67 Å². The number of hydrogen-bond donors (Lipinski definition) is 0. The number of rotatable bonds is 1. The molecule has 94 valence electrons. The fourth-order valence-corrected chi connectivity index (χ4v) is 3.31. The van der Waals surface area contributed by atoms with Gasteiger partial charge in [-0.25, -0.2) is 4.39 Å². The fourth-order valence-electron chi connectivity index (χ4n) is 3.31. The van der Waals surface area contributed by atoms with Crippen molar-refractivity contribution in [2.75, 3.05) is 0 Å². The molecule has 0 aromatic heterocycles. The minimum absolute atomic E-state index is 0.148. The summed E-state index contributed by atoms with van der Waals surface area (Å²) in [5.41, 5.74) is -0.360. The van der Waals surface area contributed by atoms with Gasteiger partial charge in [-0.15, -0.1) is 0 Å². The van der Waals surface area contributed by atoms with E-state index in [9.17, 15) is 4.79 Å². The van der Waals surface area contributed by atoms with Gasteiger partial charge in [0.15, 0.2) is 5.78 Å². The van der Waals surface area contributed by atoms with E-state index in [0.717, 1.165) is 37.7 Å². The Bertz CT molecular complexity index is 500. The van der Waals surface area contributed by atoms with E-state index in [1.807, 2.05) is 18.2 Å². The summed E-state index contributed by atoms with van der Waals surface area (Å²) in [7, 11) is 0. The Morgan fingerprint density at radius 2 is 1.78 bits per heavy atom. The lowest BCUT2D eigenvalue weighted by atomic mass is 9.69. The molecule has 0 N–H and O–H groups in total. The maximum Gasteiger partial charge on any atom is 0.201 e. The van der Waals surface area contributed by atoms with Crippen LogP contribution in [0.15, 0.2) is 30.3 Å². The van der Waals surface area contributed by atoms with Gasteiger partial charge in [0.2, 0.25) is 5.67 Å². The molecule has 2 aliphatic rings. The highest BCUT2D eigenvalue weighted by Gasteiger charge is 2.48. The van der Waals surface area contributed by atoms with Crippen LogP contribution in [0.3, 0.4) is 0 Å². The first-order valence-corrected chi connectivity index (χ1v) is 6.74. The largest absolute Gasteiger partial charge is 0.291 e. The Morgan fingerprint density at radius 1 is 1.06 bits per heavy atom. The standard InChI is InChI=1S/C16H17FO/c17-16(13-7-2-1-3-8-13)14-9-5-4-6-12(14)10-11-15(16)18/h4-6,9-11,13H,1-3,7-8H2/t16-/m1/s1. The third-order valence-electron chi connectivity index (χ3n) is 4.29. The molecule has 3 rings (SSSR count). The van der Waals surface area contributed by atoms with E-state index >= 15 is 4.39 Å². The third kappa shape index (κ3) is 1.63. The Kier molecular flexibility index (Phi) is 2.81. The summed E-state index contributed by atoms with van der Waals surface area (Å²) in [6.45, 7) is 0. The summed E-state index contributed by atoms with van der Waals surface area (Å²) in [4.78, 5) is 12.1. The van der Waals surface area contributed by atoms with Crippen LogP contribution in [-0.2, 0) is 10.5 Å². The van der Waals surface area contributed by atoms with Gasteiger partial charge in [-0.2, -0.15) is 0 Å². The zero-order valence-corrected chi connectivity index (χ0v) is 10.4. The quantitative estimate of drug-likeness (QED) is 0.729. The molecule has 0 unspecified atom stereocenters. The van der Waals surface area contributed by atoms with Crippen molar-refractivity contribution in [1.82, 2.24) is 0 Å². The molecule has 0 spiro atoms. The van der Waals surface area contributed by atoms with Gasteiger partial charge < -0.3 is 0 Å². The average Bonchev–Trinajstić information content (AvgIpc) is 2.44.